The van der Waals surface area contributed by atoms with Crippen molar-refractivity contribution >= 4 is 5.91 Å². The largest absolute Gasteiger partial charge is 0.416 e. The molecule has 0 bridgehead atoms. The topological polar surface area (TPSA) is 38.3 Å². The highest BCUT2D eigenvalue weighted by molar-refractivity contribution is 5.86. The average molecular weight is 359 g/mol. The molecule has 0 aromatic heterocycles. The zero-order valence-electron chi connectivity index (χ0n) is 14.0. The van der Waals surface area contributed by atoms with Gasteiger partial charge in [0.25, 0.3) is 5.91 Å². The number of alkyl halides is 3. The van der Waals surface area contributed by atoms with Crippen LogP contribution in [0.5, 0.6) is 0 Å². The van der Waals surface area contributed by atoms with E-state index in [9.17, 15) is 22.4 Å². The lowest BCUT2D eigenvalue weighted by Crippen LogP contribution is -2.53. The van der Waals surface area contributed by atoms with Crippen molar-refractivity contribution in [3.63, 3.8) is 0 Å². The molecular weight excluding hydrogens is 338 g/mol. The predicted octanol–water partition coefficient (Wildman–Crippen LogP) is 4.06. The summed E-state index contributed by atoms with van der Waals surface area (Å²) in [6, 6.07) is 2.31. The second kappa shape index (κ2) is 6.59. The fourth-order valence-electron chi connectivity index (χ4n) is 3.39. The smallest absolute Gasteiger partial charge is 0.365 e. The van der Waals surface area contributed by atoms with E-state index in [4.69, 9.17) is 4.74 Å². The Morgan fingerprint density at radius 2 is 2.00 bits per heavy atom. The number of halogens is 4. The number of amides is 1. The summed E-state index contributed by atoms with van der Waals surface area (Å²) >= 11 is 0. The van der Waals surface area contributed by atoms with Gasteiger partial charge in [-0.1, -0.05) is 6.92 Å². The maximum atomic E-state index is 13.5. The minimum atomic E-state index is -4.63. The van der Waals surface area contributed by atoms with E-state index >= 15 is 0 Å². The summed E-state index contributed by atoms with van der Waals surface area (Å²) < 4.78 is 57.7. The second-order valence-corrected chi connectivity index (χ2v) is 7.15. The molecule has 0 radical (unpaired) electrons. The molecule has 7 heteroatoms. The first-order chi connectivity index (χ1) is 11.7. The first-order valence-corrected chi connectivity index (χ1v) is 8.49. The minimum absolute atomic E-state index is 0.0794. The molecule has 2 atom stereocenters. The Bertz CT molecular complexity index is 647. The normalized spacial score (nSPS) is 27.2. The van der Waals surface area contributed by atoms with Gasteiger partial charge in [-0.05, 0) is 61.3 Å². The van der Waals surface area contributed by atoms with Crippen molar-refractivity contribution in [1.29, 1.82) is 0 Å². The van der Waals surface area contributed by atoms with Gasteiger partial charge < -0.3 is 10.1 Å². The summed E-state index contributed by atoms with van der Waals surface area (Å²) in [5.74, 6) is -0.728. The van der Waals surface area contributed by atoms with Crippen LogP contribution < -0.4 is 5.32 Å². The fraction of sp³-hybridized carbons (Fsp3) is 0.611. The number of carbonyl (C=O) groups is 1. The maximum absolute atomic E-state index is 13.5. The monoisotopic (exact) mass is 359 g/mol. The van der Waals surface area contributed by atoms with Gasteiger partial charge in [0.15, 0.2) is 0 Å². The quantitative estimate of drug-likeness (QED) is 0.824. The summed E-state index contributed by atoms with van der Waals surface area (Å²) in [6.07, 6.45) is -1.30. The molecule has 1 aliphatic carbocycles. The maximum Gasteiger partial charge on any atom is 0.416 e. The number of ether oxygens (including phenoxy) is 1. The molecule has 3 rings (SSSR count). The molecule has 1 aliphatic heterocycles. The number of rotatable bonds is 4. The summed E-state index contributed by atoms with van der Waals surface area (Å²) in [4.78, 5) is 12.7. The van der Waals surface area contributed by atoms with Gasteiger partial charge in [-0.2, -0.15) is 13.2 Å². The first kappa shape index (κ1) is 18.2. The molecule has 1 saturated heterocycles. The van der Waals surface area contributed by atoms with Crippen LogP contribution in [0, 0.1) is 17.7 Å². The molecule has 1 amide bonds. The molecule has 138 valence electrons. The second-order valence-electron chi connectivity index (χ2n) is 7.15. The van der Waals surface area contributed by atoms with Gasteiger partial charge in [0.05, 0.1) is 12.2 Å². The summed E-state index contributed by atoms with van der Waals surface area (Å²) in [6.45, 7) is 2.40. The summed E-state index contributed by atoms with van der Waals surface area (Å²) in [7, 11) is 0. The summed E-state index contributed by atoms with van der Waals surface area (Å²) in [5.41, 5.74) is -1.86. The Balaban J connectivity index is 1.70. The molecule has 1 heterocycles. The van der Waals surface area contributed by atoms with E-state index in [1.54, 1.807) is 0 Å². The van der Waals surface area contributed by atoms with E-state index in [1.165, 1.54) is 0 Å². The van der Waals surface area contributed by atoms with E-state index < -0.39 is 23.2 Å². The van der Waals surface area contributed by atoms with Crippen LogP contribution in [0.1, 0.15) is 43.7 Å². The molecular formula is C18H21F4NO2. The predicted molar refractivity (Wildman–Crippen MR) is 83.1 cm³/mol. The highest BCUT2D eigenvalue weighted by Gasteiger charge is 2.53. The SMILES string of the molecule is CC1CC[C@@](C(=O)NCc2cc(F)cc(C(F)(F)F)c2)(C2CC2)OC1. The number of hydrogen-bond acceptors (Lipinski definition) is 2. The van der Waals surface area contributed by atoms with Gasteiger partial charge in [-0.15, -0.1) is 0 Å². The Hall–Kier alpha value is -1.63. The molecule has 1 aromatic carbocycles. The van der Waals surface area contributed by atoms with E-state index in [1.807, 2.05) is 0 Å². The van der Waals surface area contributed by atoms with Crippen LogP contribution in [0.25, 0.3) is 0 Å². The van der Waals surface area contributed by atoms with E-state index in [0.29, 0.717) is 25.0 Å². The standard InChI is InChI=1S/C18H21F4NO2/c1-11-4-5-17(25-10-11,13-2-3-13)16(24)23-9-12-6-14(18(20,21)22)8-15(19)7-12/h6-8,11,13H,2-5,9-10H2,1H3,(H,23,24)/t11?,17-/m0/s1. The molecule has 2 fully saturated rings. The van der Waals surface area contributed by atoms with Crippen molar-refractivity contribution < 1.29 is 27.1 Å². The molecule has 1 aromatic rings. The van der Waals surface area contributed by atoms with Gasteiger partial charge in [-0.3, -0.25) is 4.79 Å². The first-order valence-electron chi connectivity index (χ1n) is 8.49. The zero-order chi connectivity index (χ0) is 18.2. The van der Waals surface area contributed by atoms with Crippen molar-refractivity contribution in [3.05, 3.63) is 35.1 Å². The highest BCUT2D eigenvalue weighted by Crippen LogP contribution is 2.47. The number of nitrogens with one attached hydrogen (secondary N) is 1. The van der Waals surface area contributed by atoms with Crippen LogP contribution in [0.4, 0.5) is 17.6 Å². The molecule has 2 aliphatic rings. The number of benzene rings is 1. The van der Waals surface area contributed by atoms with Gasteiger partial charge in [0.2, 0.25) is 0 Å². The van der Waals surface area contributed by atoms with Crippen LogP contribution >= 0.6 is 0 Å². The Morgan fingerprint density at radius 1 is 1.28 bits per heavy atom. The molecule has 1 saturated carbocycles. The molecule has 3 nitrogen and oxygen atoms in total. The molecule has 1 unspecified atom stereocenters. The van der Waals surface area contributed by atoms with Crippen LogP contribution in [-0.4, -0.2) is 18.1 Å². The van der Waals surface area contributed by atoms with Gasteiger partial charge >= 0.3 is 6.18 Å². The lowest BCUT2D eigenvalue weighted by atomic mass is 9.84. The third-order valence-corrected chi connectivity index (χ3v) is 4.99. The van der Waals surface area contributed by atoms with Gasteiger partial charge in [0.1, 0.15) is 11.4 Å². The Morgan fingerprint density at radius 3 is 2.56 bits per heavy atom. The number of carbonyl (C=O) groups excluding carboxylic acids is 1. The van der Waals surface area contributed by atoms with Crippen molar-refractivity contribution in [2.75, 3.05) is 6.61 Å². The van der Waals surface area contributed by atoms with E-state index in [0.717, 1.165) is 31.4 Å². The lowest BCUT2D eigenvalue weighted by Gasteiger charge is -2.38. The van der Waals surface area contributed by atoms with Crippen molar-refractivity contribution in [3.8, 4) is 0 Å². The Labute approximate surface area is 143 Å². The summed E-state index contributed by atoms with van der Waals surface area (Å²) in [5, 5.41) is 2.65. The zero-order valence-corrected chi connectivity index (χ0v) is 14.0. The molecule has 1 N–H and O–H groups in total. The lowest BCUT2D eigenvalue weighted by molar-refractivity contribution is -0.162. The fourth-order valence-corrected chi connectivity index (χ4v) is 3.39. The van der Waals surface area contributed by atoms with Crippen molar-refractivity contribution in [2.45, 2.75) is 50.9 Å². The van der Waals surface area contributed by atoms with Gasteiger partial charge in [0, 0.05) is 6.54 Å². The molecule has 25 heavy (non-hydrogen) atoms. The van der Waals surface area contributed by atoms with E-state index in [2.05, 4.69) is 12.2 Å². The van der Waals surface area contributed by atoms with Crippen LogP contribution in [-0.2, 0) is 22.3 Å². The van der Waals surface area contributed by atoms with Crippen LogP contribution in [0.2, 0.25) is 0 Å². The number of hydrogen-bond donors (Lipinski definition) is 1. The van der Waals surface area contributed by atoms with Crippen molar-refractivity contribution in [2.24, 2.45) is 11.8 Å². The van der Waals surface area contributed by atoms with E-state index in [-0.39, 0.29) is 23.9 Å². The van der Waals surface area contributed by atoms with Crippen LogP contribution in [0.3, 0.4) is 0 Å². The third kappa shape index (κ3) is 3.97. The molecule has 0 spiro atoms. The van der Waals surface area contributed by atoms with Gasteiger partial charge in [-0.25, -0.2) is 4.39 Å². The minimum Gasteiger partial charge on any atom is -0.365 e. The van der Waals surface area contributed by atoms with Crippen molar-refractivity contribution in [1.82, 2.24) is 5.32 Å². The third-order valence-electron chi connectivity index (χ3n) is 4.99. The average Bonchev–Trinajstić information content (AvgIpc) is 3.37. The highest BCUT2D eigenvalue weighted by atomic mass is 19.4. The van der Waals surface area contributed by atoms with Crippen LogP contribution in [0.15, 0.2) is 18.2 Å². The Kier molecular flexibility index (Phi) is 4.79.